The van der Waals surface area contributed by atoms with E-state index in [2.05, 4.69) is 10.4 Å². The third-order valence-electron chi connectivity index (χ3n) is 3.50. The molecule has 116 valence electrons. The van der Waals surface area contributed by atoms with Crippen LogP contribution in [0.5, 0.6) is 5.75 Å². The number of aromatic nitrogens is 2. The number of methoxy groups -OCH3 is 1. The van der Waals surface area contributed by atoms with Crippen LogP contribution in [0.3, 0.4) is 0 Å². The highest BCUT2D eigenvalue weighted by Crippen LogP contribution is 2.25. The van der Waals surface area contributed by atoms with Gasteiger partial charge in [-0.05, 0) is 38.5 Å². The van der Waals surface area contributed by atoms with Gasteiger partial charge in [0.05, 0.1) is 24.6 Å². The van der Waals surface area contributed by atoms with Gasteiger partial charge in [-0.2, -0.15) is 5.10 Å². The normalized spacial score (nSPS) is 10.9. The van der Waals surface area contributed by atoms with E-state index in [1.54, 1.807) is 24.2 Å². The fourth-order valence-corrected chi connectivity index (χ4v) is 2.24. The van der Waals surface area contributed by atoms with Crippen LogP contribution < -0.4 is 10.1 Å². The molecule has 5 nitrogen and oxygen atoms in total. The van der Waals surface area contributed by atoms with Crippen molar-refractivity contribution in [2.24, 2.45) is 0 Å². The molecule has 1 heterocycles. The zero-order valence-corrected chi connectivity index (χ0v) is 13.4. The Morgan fingerprint density at radius 1 is 1.41 bits per heavy atom. The van der Waals surface area contributed by atoms with Crippen molar-refractivity contribution >= 4 is 11.5 Å². The minimum Gasteiger partial charge on any atom is -0.495 e. The topological polar surface area (TPSA) is 56.2 Å². The van der Waals surface area contributed by atoms with Gasteiger partial charge in [0.2, 0.25) is 0 Å². The number of allylic oxidation sites excluding steroid dienone is 1. The zero-order chi connectivity index (χ0) is 16.1. The van der Waals surface area contributed by atoms with Crippen molar-refractivity contribution in [3.8, 4) is 5.75 Å². The second-order valence-corrected chi connectivity index (χ2v) is 5.01. The van der Waals surface area contributed by atoms with Gasteiger partial charge in [-0.3, -0.25) is 9.48 Å². The molecule has 0 spiro atoms. The fraction of sp³-hybridized carbons (Fsp3) is 0.294. The van der Waals surface area contributed by atoms with Crippen LogP contribution >= 0.6 is 0 Å². The van der Waals surface area contributed by atoms with Gasteiger partial charge in [-0.25, -0.2) is 0 Å². The number of hydrogen-bond donors (Lipinski definition) is 1. The van der Waals surface area contributed by atoms with Gasteiger partial charge in [0.1, 0.15) is 5.75 Å². The van der Waals surface area contributed by atoms with Crippen LogP contribution in [-0.2, 0) is 6.54 Å². The molecule has 0 aliphatic heterocycles. The molecule has 1 aromatic heterocycles. The Labute approximate surface area is 130 Å². The Balaban J connectivity index is 2.10. The summed E-state index contributed by atoms with van der Waals surface area (Å²) in [6.45, 7) is 6.65. The number of rotatable bonds is 6. The smallest absolute Gasteiger partial charge is 0.190 e. The van der Waals surface area contributed by atoms with Crippen molar-refractivity contribution in [1.29, 1.82) is 0 Å². The van der Waals surface area contributed by atoms with E-state index in [0.717, 1.165) is 29.2 Å². The summed E-state index contributed by atoms with van der Waals surface area (Å²) in [4.78, 5) is 12.2. The minimum atomic E-state index is -0.0729. The number of nitrogens with zero attached hydrogens (tertiary/aromatic N) is 2. The maximum absolute atomic E-state index is 12.2. The summed E-state index contributed by atoms with van der Waals surface area (Å²) in [5.74, 6) is 0.661. The van der Waals surface area contributed by atoms with Crippen LogP contribution in [0.25, 0.3) is 0 Å². The molecule has 0 unspecified atom stereocenters. The Kier molecular flexibility index (Phi) is 4.99. The summed E-state index contributed by atoms with van der Waals surface area (Å²) in [6, 6.07) is 5.83. The standard InChI is InChI=1S/C17H21N3O2/c1-5-20-13(3)14(11-19-20)16(21)8-9-18-15-10-12(2)6-7-17(15)22-4/h6-11,18H,5H2,1-4H3/b9-8+. The van der Waals surface area contributed by atoms with Gasteiger partial charge in [-0.1, -0.05) is 6.07 Å². The molecule has 2 aromatic rings. The Hall–Kier alpha value is -2.56. The van der Waals surface area contributed by atoms with Crippen LogP contribution in [0.15, 0.2) is 36.7 Å². The maximum atomic E-state index is 12.2. The van der Waals surface area contributed by atoms with Gasteiger partial charge in [0.25, 0.3) is 0 Å². The van der Waals surface area contributed by atoms with Crippen molar-refractivity contribution in [3.63, 3.8) is 0 Å². The summed E-state index contributed by atoms with van der Waals surface area (Å²) in [7, 11) is 1.62. The number of anilines is 1. The van der Waals surface area contributed by atoms with Crippen molar-refractivity contribution in [1.82, 2.24) is 9.78 Å². The van der Waals surface area contributed by atoms with E-state index in [-0.39, 0.29) is 5.78 Å². The van der Waals surface area contributed by atoms with Crippen molar-refractivity contribution in [3.05, 3.63) is 53.5 Å². The van der Waals surface area contributed by atoms with Gasteiger partial charge in [-0.15, -0.1) is 0 Å². The number of ketones is 1. The van der Waals surface area contributed by atoms with Crippen LogP contribution in [0.4, 0.5) is 5.69 Å². The first-order chi connectivity index (χ1) is 10.6. The quantitative estimate of drug-likeness (QED) is 0.656. The molecule has 5 heteroatoms. The number of carbonyl (C=O) groups excluding carboxylic acids is 1. The minimum absolute atomic E-state index is 0.0729. The SMILES string of the molecule is CCn1ncc(C(=O)/C=C/Nc2cc(C)ccc2OC)c1C. The van der Waals surface area contributed by atoms with Crippen molar-refractivity contribution in [2.45, 2.75) is 27.3 Å². The van der Waals surface area contributed by atoms with Gasteiger partial charge < -0.3 is 10.1 Å². The lowest BCUT2D eigenvalue weighted by Gasteiger charge is -2.08. The molecule has 22 heavy (non-hydrogen) atoms. The number of hydrogen-bond acceptors (Lipinski definition) is 4. The van der Waals surface area contributed by atoms with Crippen LogP contribution in [0.1, 0.15) is 28.5 Å². The lowest BCUT2D eigenvalue weighted by Crippen LogP contribution is -2.02. The van der Waals surface area contributed by atoms with Crippen LogP contribution in [-0.4, -0.2) is 22.7 Å². The molecule has 0 aliphatic rings. The molecule has 0 radical (unpaired) electrons. The van der Waals surface area contributed by atoms with E-state index in [1.165, 1.54) is 6.08 Å². The summed E-state index contributed by atoms with van der Waals surface area (Å²) >= 11 is 0. The van der Waals surface area contributed by atoms with Crippen molar-refractivity contribution in [2.75, 3.05) is 12.4 Å². The van der Waals surface area contributed by atoms with E-state index in [0.29, 0.717) is 5.56 Å². The van der Waals surface area contributed by atoms with Crippen LogP contribution in [0.2, 0.25) is 0 Å². The highest BCUT2D eigenvalue weighted by atomic mass is 16.5. The van der Waals surface area contributed by atoms with E-state index in [1.807, 2.05) is 39.0 Å². The molecular formula is C17H21N3O2. The first-order valence-electron chi connectivity index (χ1n) is 7.21. The molecule has 0 saturated heterocycles. The van der Waals surface area contributed by atoms with Gasteiger partial charge in [0.15, 0.2) is 5.78 Å². The largest absolute Gasteiger partial charge is 0.495 e. The summed E-state index contributed by atoms with van der Waals surface area (Å²) in [6.07, 6.45) is 4.74. The molecule has 0 bridgehead atoms. The summed E-state index contributed by atoms with van der Waals surface area (Å²) < 4.78 is 7.09. The highest BCUT2D eigenvalue weighted by molar-refractivity contribution is 6.05. The fourth-order valence-electron chi connectivity index (χ4n) is 2.24. The predicted molar refractivity (Wildman–Crippen MR) is 87.5 cm³/mol. The number of ether oxygens (including phenoxy) is 1. The molecule has 0 fully saturated rings. The first kappa shape index (κ1) is 15.8. The average molecular weight is 299 g/mol. The predicted octanol–water partition coefficient (Wildman–Crippen LogP) is 3.34. The first-order valence-corrected chi connectivity index (χ1v) is 7.21. The average Bonchev–Trinajstić information content (AvgIpc) is 2.88. The van der Waals surface area contributed by atoms with E-state index in [4.69, 9.17) is 4.74 Å². The number of carbonyl (C=O) groups is 1. The third-order valence-corrected chi connectivity index (χ3v) is 3.50. The lowest BCUT2D eigenvalue weighted by molar-refractivity contribution is 0.104. The second kappa shape index (κ2) is 6.93. The molecule has 1 N–H and O–H groups in total. The Morgan fingerprint density at radius 2 is 2.18 bits per heavy atom. The molecule has 0 aliphatic carbocycles. The summed E-state index contributed by atoms with van der Waals surface area (Å²) in [5.41, 5.74) is 3.44. The van der Waals surface area contributed by atoms with Gasteiger partial charge in [0, 0.05) is 24.5 Å². The number of aryl methyl sites for hydroxylation is 2. The lowest BCUT2D eigenvalue weighted by atomic mass is 10.1. The second-order valence-electron chi connectivity index (χ2n) is 5.01. The molecule has 2 rings (SSSR count). The molecule has 0 saturated carbocycles. The molecule has 0 atom stereocenters. The van der Waals surface area contributed by atoms with E-state index in [9.17, 15) is 4.79 Å². The van der Waals surface area contributed by atoms with Crippen molar-refractivity contribution < 1.29 is 9.53 Å². The number of benzene rings is 1. The highest BCUT2D eigenvalue weighted by Gasteiger charge is 2.10. The van der Waals surface area contributed by atoms with E-state index >= 15 is 0 Å². The number of nitrogens with one attached hydrogen (secondary N) is 1. The maximum Gasteiger partial charge on any atom is 0.190 e. The molecule has 0 amide bonds. The Morgan fingerprint density at radius 3 is 2.82 bits per heavy atom. The van der Waals surface area contributed by atoms with E-state index < -0.39 is 0 Å². The monoisotopic (exact) mass is 299 g/mol. The Bertz CT molecular complexity index is 702. The summed E-state index contributed by atoms with van der Waals surface area (Å²) in [5, 5.41) is 7.27. The van der Waals surface area contributed by atoms with Crippen LogP contribution in [0, 0.1) is 13.8 Å². The van der Waals surface area contributed by atoms with Gasteiger partial charge >= 0.3 is 0 Å². The zero-order valence-electron chi connectivity index (χ0n) is 13.4. The molecular weight excluding hydrogens is 278 g/mol. The third kappa shape index (κ3) is 3.36. The molecule has 1 aromatic carbocycles.